The molecule has 1 aromatic carbocycles. The fraction of sp³-hybridized carbons (Fsp3) is 0.333. The Labute approximate surface area is 150 Å². The Morgan fingerprint density at radius 3 is 2.65 bits per heavy atom. The molecular weight excluding hydrogens is 336 g/mol. The van der Waals surface area contributed by atoms with Crippen molar-refractivity contribution >= 4 is 17.7 Å². The zero-order valence-electron chi connectivity index (χ0n) is 14.6. The maximum atomic E-state index is 12.4. The minimum Gasteiger partial charge on any atom is -0.481 e. The zero-order valence-corrected chi connectivity index (χ0v) is 14.6. The summed E-state index contributed by atoms with van der Waals surface area (Å²) >= 11 is 0. The second kappa shape index (κ2) is 6.99. The molecule has 2 N–H and O–H groups in total. The van der Waals surface area contributed by atoms with Crippen molar-refractivity contribution in [2.75, 3.05) is 18.4 Å². The van der Waals surface area contributed by atoms with E-state index in [1.807, 2.05) is 6.92 Å². The van der Waals surface area contributed by atoms with E-state index in [0.717, 1.165) is 5.56 Å². The highest BCUT2D eigenvalue weighted by molar-refractivity contribution is 5.91. The molecule has 8 heteroatoms. The van der Waals surface area contributed by atoms with E-state index in [2.05, 4.69) is 15.3 Å². The largest absolute Gasteiger partial charge is 0.481 e. The number of hydrogen-bond donors (Lipinski definition) is 2. The predicted octanol–water partition coefficient (Wildman–Crippen LogP) is 2.91. The van der Waals surface area contributed by atoms with Gasteiger partial charge in [-0.3, -0.25) is 4.79 Å². The number of carbonyl (C=O) groups excluding carboxylic acids is 1. The molecule has 1 atom stereocenters. The molecule has 0 aliphatic carbocycles. The van der Waals surface area contributed by atoms with Crippen molar-refractivity contribution in [1.82, 2.24) is 14.9 Å². The summed E-state index contributed by atoms with van der Waals surface area (Å²) in [6, 6.07) is 6.86. The number of urea groups is 1. The lowest BCUT2D eigenvalue weighted by Crippen LogP contribution is -2.37. The zero-order chi connectivity index (χ0) is 18.7. The maximum absolute atomic E-state index is 12.4. The molecule has 26 heavy (non-hydrogen) atoms. The number of carboxylic acids is 1. The molecule has 2 heterocycles. The highest BCUT2D eigenvalue weighted by Gasteiger charge is 2.42. The van der Waals surface area contributed by atoms with Crippen LogP contribution in [0.25, 0.3) is 0 Å². The molecule has 1 fully saturated rings. The second-order valence-electron chi connectivity index (χ2n) is 6.58. The van der Waals surface area contributed by atoms with E-state index < -0.39 is 11.4 Å². The van der Waals surface area contributed by atoms with Crippen LogP contribution in [0.5, 0.6) is 11.8 Å². The lowest BCUT2D eigenvalue weighted by atomic mass is 9.90. The molecule has 8 nitrogen and oxygen atoms in total. The Balaban J connectivity index is 1.65. The molecule has 1 unspecified atom stereocenters. The van der Waals surface area contributed by atoms with E-state index in [0.29, 0.717) is 24.4 Å². The number of ether oxygens (including phenoxy) is 1. The monoisotopic (exact) mass is 356 g/mol. The molecule has 136 valence electrons. The van der Waals surface area contributed by atoms with Crippen LogP contribution in [0.3, 0.4) is 0 Å². The number of nitrogens with one attached hydrogen (secondary N) is 1. The molecule has 1 aliphatic heterocycles. The van der Waals surface area contributed by atoms with Crippen molar-refractivity contribution in [3.63, 3.8) is 0 Å². The first-order valence-electron chi connectivity index (χ1n) is 8.22. The average Bonchev–Trinajstić information content (AvgIpc) is 3.02. The normalized spacial score (nSPS) is 19.2. The van der Waals surface area contributed by atoms with Crippen molar-refractivity contribution in [2.24, 2.45) is 5.41 Å². The highest BCUT2D eigenvalue weighted by atomic mass is 16.5. The average molecular weight is 356 g/mol. The van der Waals surface area contributed by atoms with Crippen molar-refractivity contribution < 1.29 is 19.4 Å². The molecule has 2 aromatic rings. The Bertz CT molecular complexity index is 827. The van der Waals surface area contributed by atoms with E-state index >= 15 is 0 Å². The Morgan fingerprint density at radius 1 is 1.31 bits per heavy atom. The van der Waals surface area contributed by atoms with Crippen molar-refractivity contribution in [2.45, 2.75) is 20.3 Å². The Kier molecular flexibility index (Phi) is 4.75. The third-order valence-corrected chi connectivity index (χ3v) is 4.47. The Hall–Kier alpha value is -3.16. The van der Waals surface area contributed by atoms with Crippen LogP contribution in [0.2, 0.25) is 0 Å². The van der Waals surface area contributed by atoms with Gasteiger partial charge in [-0.25, -0.2) is 14.8 Å². The van der Waals surface area contributed by atoms with Crippen molar-refractivity contribution in [1.29, 1.82) is 0 Å². The summed E-state index contributed by atoms with van der Waals surface area (Å²) in [5.74, 6) is -0.320. The number of aromatic nitrogens is 2. The van der Waals surface area contributed by atoms with Gasteiger partial charge in [0.1, 0.15) is 5.75 Å². The Morgan fingerprint density at radius 2 is 2.04 bits per heavy atom. The molecule has 1 aliphatic rings. The van der Waals surface area contributed by atoms with Crippen LogP contribution in [0.1, 0.15) is 18.9 Å². The summed E-state index contributed by atoms with van der Waals surface area (Å²) < 4.78 is 5.56. The third kappa shape index (κ3) is 3.74. The van der Waals surface area contributed by atoms with Crippen LogP contribution in [0.15, 0.2) is 36.7 Å². The fourth-order valence-electron chi connectivity index (χ4n) is 2.79. The van der Waals surface area contributed by atoms with Gasteiger partial charge in [-0.2, -0.15) is 0 Å². The number of nitrogens with zero attached hydrogens (tertiary/aromatic N) is 3. The topological polar surface area (TPSA) is 105 Å². The first-order chi connectivity index (χ1) is 12.4. The number of carbonyl (C=O) groups is 2. The number of anilines is 1. The summed E-state index contributed by atoms with van der Waals surface area (Å²) in [6.07, 6.45) is 3.62. The van der Waals surface area contributed by atoms with Gasteiger partial charge in [0.05, 0.1) is 5.41 Å². The molecule has 1 saturated heterocycles. The molecule has 0 spiro atoms. The van der Waals surface area contributed by atoms with Gasteiger partial charge in [-0.1, -0.05) is 0 Å². The van der Waals surface area contributed by atoms with Crippen LogP contribution in [-0.2, 0) is 4.79 Å². The van der Waals surface area contributed by atoms with Crippen LogP contribution in [-0.4, -0.2) is 45.1 Å². The van der Waals surface area contributed by atoms with Crippen LogP contribution in [0.4, 0.5) is 10.5 Å². The molecule has 2 amide bonds. The molecular formula is C18H20N4O4. The van der Waals surface area contributed by atoms with Gasteiger partial charge in [0.2, 0.25) is 0 Å². The highest BCUT2D eigenvalue weighted by Crippen LogP contribution is 2.31. The number of carboxylic acid groups (broad SMARTS) is 1. The quantitative estimate of drug-likeness (QED) is 0.873. The third-order valence-electron chi connectivity index (χ3n) is 4.47. The van der Waals surface area contributed by atoms with E-state index in [1.165, 1.54) is 4.90 Å². The molecule has 0 bridgehead atoms. The number of aliphatic carboxylic acids is 1. The molecule has 0 saturated carbocycles. The van der Waals surface area contributed by atoms with Crippen LogP contribution in [0, 0.1) is 12.3 Å². The SMILES string of the molecule is Cc1cc(Oc2ncccn2)ccc1NC(=O)N1CCC(C)(C(=O)O)C1. The van der Waals surface area contributed by atoms with E-state index in [-0.39, 0.29) is 18.6 Å². The van der Waals surface area contributed by atoms with Gasteiger partial charge in [0.15, 0.2) is 0 Å². The van der Waals surface area contributed by atoms with Crippen molar-refractivity contribution in [3.8, 4) is 11.8 Å². The summed E-state index contributed by atoms with van der Waals surface area (Å²) in [6.45, 7) is 4.12. The van der Waals surface area contributed by atoms with Gasteiger partial charge in [-0.05, 0) is 50.1 Å². The summed E-state index contributed by atoms with van der Waals surface area (Å²) in [7, 11) is 0. The number of amides is 2. The molecule has 0 radical (unpaired) electrons. The number of benzene rings is 1. The second-order valence-corrected chi connectivity index (χ2v) is 6.58. The lowest BCUT2D eigenvalue weighted by molar-refractivity contribution is -0.146. The first-order valence-corrected chi connectivity index (χ1v) is 8.22. The molecule has 1 aromatic heterocycles. The summed E-state index contributed by atoms with van der Waals surface area (Å²) in [5, 5.41) is 12.1. The number of hydrogen-bond acceptors (Lipinski definition) is 5. The summed E-state index contributed by atoms with van der Waals surface area (Å²) in [4.78, 5) is 33.3. The first kappa shape index (κ1) is 17.7. The minimum atomic E-state index is -0.889. The van der Waals surface area contributed by atoms with E-state index in [4.69, 9.17) is 4.74 Å². The van der Waals surface area contributed by atoms with Gasteiger partial charge >= 0.3 is 18.0 Å². The van der Waals surface area contributed by atoms with Crippen LogP contribution < -0.4 is 10.1 Å². The number of likely N-dealkylation sites (tertiary alicyclic amines) is 1. The fourth-order valence-corrected chi connectivity index (χ4v) is 2.79. The minimum absolute atomic E-state index is 0.194. The number of aryl methyl sites for hydroxylation is 1. The maximum Gasteiger partial charge on any atom is 0.321 e. The standard InChI is InChI=1S/C18H20N4O4/c1-12-10-13(26-16-19-7-3-8-20-16)4-5-14(12)21-17(25)22-9-6-18(2,11-22)15(23)24/h3-5,7-8,10H,6,9,11H2,1-2H3,(H,21,25)(H,23,24). The van der Waals surface area contributed by atoms with Gasteiger partial charge in [0.25, 0.3) is 0 Å². The van der Waals surface area contributed by atoms with Gasteiger partial charge in [0, 0.05) is 31.2 Å². The van der Waals surface area contributed by atoms with Crippen molar-refractivity contribution in [3.05, 3.63) is 42.2 Å². The van der Waals surface area contributed by atoms with E-state index in [9.17, 15) is 14.7 Å². The smallest absolute Gasteiger partial charge is 0.321 e. The summed E-state index contributed by atoms with van der Waals surface area (Å²) in [5.41, 5.74) is 0.562. The van der Waals surface area contributed by atoms with Gasteiger partial charge in [-0.15, -0.1) is 0 Å². The van der Waals surface area contributed by atoms with Gasteiger partial charge < -0.3 is 20.1 Å². The number of rotatable bonds is 4. The lowest BCUT2D eigenvalue weighted by Gasteiger charge is -2.21. The predicted molar refractivity (Wildman–Crippen MR) is 94.2 cm³/mol. The van der Waals surface area contributed by atoms with E-state index in [1.54, 1.807) is 43.6 Å². The van der Waals surface area contributed by atoms with Crippen LogP contribution >= 0.6 is 0 Å². The molecule has 3 rings (SSSR count).